The molecule has 0 aromatic carbocycles. The molecule has 0 aliphatic carbocycles. The van der Waals surface area contributed by atoms with Crippen molar-refractivity contribution in [3.05, 3.63) is 0 Å². The van der Waals surface area contributed by atoms with Gasteiger partial charge in [-0.05, 0) is 25.7 Å². The molecule has 0 fully saturated rings. The summed E-state index contributed by atoms with van der Waals surface area (Å²) in [6.07, 6.45) is 13.5. The lowest BCUT2D eigenvalue weighted by molar-refractivity contribution is -0.145. The second-order valence-corrected chi connectivity index (χ2v) is 7.05. The van der Waals surface area contributed by atoms with Crippen LogP contribution in [0.1, 0.15) is 104 Å². The predicted octanol–water partition coefficient (Wildman–Crippen LogP) is 5.89. The van der Waals surface area contributed by atoms with Crippen LogP contribution in [-0.2, 0) is 9.59 Å². The molecule has 0 amide bonds. The number of rotatable bonds is 17. The van der Waals surface area contributed by atoms with Gasteiger partial charge in [-0.2, -0.15) is 0 Å². The summed E-state index contributed by atoms with van der Waals surface area (Å²) in [4.78, 5) is 22.8. The average molecular weight is 343 g/mol. The molecule has 0 aliphatic rings. The van der Waals surface area contributed by atoms with Gasteiger partial charge in [-0.1, -0.05) is 78.1 Å². The third kappa shape index (κ3) is 12.4. The molecule has 0 aliphatic heterocycles. The standard InChI is InChI=1S/C20H38O4/c1-3-5-7-9-10-12-14-18(20(23)24)16-15-17(19(21)22)13-11-8-6-4-2/h17-18H,3-16H2,1-2H3,(H,21,22)(H,23,24). The molecular weight excluding hydrogens is 304 g/mol. The van der Waals surface area contributed by atoms with Gasteiger partial charge in [0.15, 0.2) is 0 Å². The Morgan fingerprint density at radius 3 is 1.29 bits per heavy atom. The Bertz CT molecular complexity index is 328. The zero-order valence-corrected chi connectivity index (χ0v) is 15.8. The third-order valence-corrected chi connectivity index (χ3v) is 4.87. The van der Waals surface area contributed by atoms with Gasteiger partial charge in [0.05, 0.1) is 11.8 Å². The number of carboxylic acid groups (broad SMARTS) is 2. The zero-order chi connectivity index (χ0) is 18.2. The van der Waals surface area contributed by atoms with E-state index in [1.54, 1.807) is 0 Å². The van der Waals surface area contributed by atoms with Gasteiger partial charge in [0, 0.05) is 0 Å². The summed E-state index contributed by atoms with van der Waals surface area (Å²) < 4.78 is 0. The number of carboxylic acids is 2. The minimum atomic E-state index is -0.768. The van der Waals surface area contributed by atoms with Gasteiger partial charge >= 0.3 is 11.9 Å². The fourth-order valence-electron chi connectivity index (χ4n) is 3.17. The van der Waals surface area contributed by atoms with E-state index < -0.39 is 11.9 Å². The van der Waals surface area contributed by atoms with Crippen LogP contribution in [0.3, 0.4) is 0 Å². The maximum Gasteiger partial charge on any atom is 0.306 e. The molecule has 4 heteroatoms. The van der Waals surface area contributed by atoms with Crippen LogP contribution >= 0.6 is 0 Å². The Kier molecular flexibility index (Phi) is 14.8. The Morgan fingerprint density at radius 1 is 0.583 bits per heavy atom. The molecule has 0 rings (SSSR count). The summed E-state index contributed by atoms with van der Waals surface area (Å²) in [6.45, 7) is 4.32. The quantitative estimate of drug-likeness (QED) is 0.323. The van der Waals surface area contributed by atoms with E-state index in [2.05, 4.69) is 13.8 Å². The second-order valence-electron chi connectivity index (χ2n) is 7.05. The van der Waals surface area contributed by atoms with Gasteiger partial charge < -0.3 is 10.2 Å². The molecule has 0 aromatic heterocycles. The largest absolute Gasteiger partial charge is 0.481 e. The second kappa shape index (κ2) is 15.5. The van der Waals surface area contributed by atoms with E-state index >= 15 is 0 Å². The SMILES string of the molecule is CCCCCCCCC(CCC(CCCCCC)C(=O)O)C(=O)O. The highest BCUT2D eigenvalue weighted by Crippen LogP contribution is 2.23. The van der Waals surface area contributed by atoms with Crippen molar-refractivity contribution in [2.45, 2.75) is 104 Å². The van der Waals surface area contributed by atoms with Gasteiger partial charge in [0.2, 0.25) is 0 Å². The minimum absolute atomic E-state index is 0.381. The summed E-state index contributed by atoms with van der Waals surface area (Å²) in [5.41, 5.74) is 0. The van der Waals surface area contributed by atoms with Crippen molar-refractivity contribution in [1.29, 1.82) is 0 Å². The molecule has 0 spiro atoms. The number of hydrogen-bond donors (Lipinski definition) is 2. The van der Waals surface area contributed by atoms with Crippen LogP contribution in [0.25, 0.3) is 0 Å². The highest BCUT2D eigenvalue weighted by Gasteiger charge is 2.22. The van der Waals surface area contributed by atoms with E-state index in [0.29, 0.717) is 25.7 Å². The molecule has 4 nitrogen and oxygen atoms in total. The molecule has 0 saturated carbocycles. The van der Waals surface area contributed by atoms with Crippen molar-refractivity contribution >= 4 is 11.9 Å². The minimum Gasteiger partial charge on any atom is -0.481 e. The van der Waals surface area contributed by atoms with E-state index in [1.165, 1.54) is 25.7 Å². The molecule has 0 bridgehead atoms. The fourth-order valence-corrected chi connectivity index (χ4v) is 3.17. The Hall–Kier alpha value is -1.06. The van der Waals surface area contributed by atoms with Crippen LogP contribution in [0.5, 0.6) is 0 Å². The zero-order valence-electron chi connectivity index (χ0n) is 15.8. The van der Waals surface area contributed by atoms with Crippen molar-refractivity contribution in [1.82, 2.24) is 0 Å². The van der Waals surface area contributed by atoms with Gasteiger partial charge in [-0.3, -0.25) is 9.59 Å². The fraction of sp³-hybridized carbons (Fsp3) is 0.900. The molecule has 24 heavy (non-hydrogen) atoms. The van der Waals surface area contributed by atoms with Crippen LogP contribution in [0, 0.1) is 11.8 Å². The van der Waals surface area contributed by atoms with Crippen LogP contribution in [0.2, 0.25) is 0 Å². The lowest BCUT2D eigenvalue weighted by Gasteiger charge is -2.16. The van der Waals surface area contributed by atoms with Crippen molar-refractivity contribution in [3.8, 4) is 0 Å². The van der Waals surface area contributed by atoms with Gasteiger partial charge in [0.25, 0.3) is 0 Å². The molecular formula is C20H38O4. The normalized spacial score (nSPS) is 13.6. The van der Waals surface area contributed by atoms with Crippen molar-refractivity contribution in [2.24, 2.45) is 11.8 Å². The number of carbonyl (C=O) groups is 2. The lowest BCUT2D eigenvalue weighted by Crippen LogP contribution is -2.19. The highest BCUT2D eigenvalue weighted by molar-refractivity contribution is 5.71. The van der Waals surface area contributed by atoms with Crippen LogP contribution in [-0.4, -0.2) is 22.2 Å². The van der Waals surface area contributed by atoms with Crippen molar-refractivity contribution in [2.75, 3.05) is 0 Å². The Balaban J connectivity index is 4.09. The van der Waals surface area contributed by atoms with E-state index in [4.69, 9.17) is 0 Å². The molecule has 0 heterocycles. The maximum atomic E-state index is 11.4. The Morgan fingerprint density at radius 2 is 0.917 bits per heavy atom. The first-order chi connectivity index (χ1) is 11.5. The van der Waals surface area contributed by atoms with Crippen LogP contribution in [0.4, 0.5) is 0 Å². The van der Waals surface area contributed by atoms with Gasteiger partial charge in [-0.15, -0.1) is 0 Å². The molecule has 2 atom stereocenters. The van der Waals surface area contributed by atoms with Crippen molar-refractivity contribution in [3.63, 3.8) is 0 Å². The van der Waals surface area contributed by atoms with Crippen LogP contribution in [0.15, 0.2) is 0 Å². The molecule has 2 N–H and O–H groups in total. The number of unbranched alkanes of at least 4 members (excludes halogenated alkanes) is 8. The molecule has 0 saturated heterocycles. The Labute approximate surface area is 148 Å². The first kappa shape index (κ1) is 22.9. The topological polar surface area (TPSA) is 74.6 Å². The smallest absolute Gasteiger partial charge is 0.306 e. The van der Waals surface area contributed by atoms with E-state index in [-0.39, 0.29) is 11.8 Å². The van der Waals surface area contributed by atoms with Crippen LogP contribution < -0.4 is 0 Å². The summed E-state index contributed by atoms with van der Waals surface area (Å²) in [5, 5.41) is 18.7. The van der Waals surface area contributed by atoms with Gasteiger partial charge in [0.1, 0.15) is 0 Å². The first-order valence-corrected chi connectivity index (χ1v) is 9.98. The average Bonchev–Trinajstić information content (AvgIpc) is 2.54. The summed E-state index contributed by atoms with van der Waals surface area (Å²) in [6, 6.07) is 0. The monoisotopic (exact) mass is 342 g/mol. The molecule has 142 valence electrons. The number of hydrogen-bond acceptors (Lipinski definition) is 2. The maximum absolute atomic E-state index is 11.4. The summed E-state index contributed by atoms with van der Waals surface area (Å²) >= 11 is 0. The first-order valence-electron chi connectivity index (χ1n) is 9.98. The summed E-state index contributed by atoms with van der Waals surface area (Å²) in [7, 11) is 0. The van der Waals surface area contributed by atoms with Crippen molar-refractivity contribution < 1.29 is 19.8 Å². The highest BCUT2D eigenvalue weighted by atomic mass is 16.4. The molecule has 0 radical (unpaired) electrons. The predicted molar refractivity (Wildman–Crippen MR) is 98.2 cm³/mol. The molecule has 0 aromatic rings. The van der Waals surface area contributed by atoms with Gasteiger partial charge in [-0.25, -0.2) is 0 Å². The number of aliphatic carboxylic acids is 2. The van der Waals surface area contributed by atoms with E-state index in [1.807, 2.05) is 0 Å². The van der Waals surface area contributed by atoms with E-state index in [9.17, 15) is 19.8 Å². The summed E-state index contributed by atoms with van der Waals surface area (Å²) in [5.74, 6) is -2.30. The third-order valence-electron chi connectivity index (χ3n) is 4.87. The van der Waals surface area contributed by atoms with E-state index in [0.717, 1.165) is 38.5 Å². The molecule has 2 unspecified atom stereocenters. The lowest BCUT2D eigenvalue weighted by atomic mass is 9.89.